The quantitative estimate of drug-likeness (QED) is 0.678. The third kappa shape index (κ3) is 4.19. The summed E-state index contributed by atoms with van der Waals surface area (Å²) in [5.41, 5.74) is 2.57. The molecule has 3 rings (SSSR count). The molecule has 1 aromatic heterocycles. The smallest absolute Gasteiger partial charge is 0.277 e. The van der Waals surface area contributed by atoms with E-state index in [9.17, 15) is 4.79 Å². The van der Waals surface area contributed by atoms with Gasteiger partial charge in [-0.1, -0.05) is 42.1 Å². The van der Waals surface area contributed by atoms with Crippen molar-refractivity contribution in [2.24, 2.45) is 0 Å². The molecule has 0 radical (unpaired) electrons. The molecular formula is C18H17N3O3S. The van der Waals surface area contributed by atoms with Gasteiger partial charge in [0, 0.05) is 5.56 Å². The molecule has 0 aliphatic heterocycles. The molecule has 0 fully saturated rings. The normalized spacial score (nSPS) is 10.5. The van der Waals surface area contributed by atoms with E-state index in [4.69, 9.17) is 9.15 Å². The Kier molecular flexibility index (Phi) is 5.35. The van der Waals surface area contributed by atoms with Crippen LogP contribution in [0.4, 0.5) is 5.69 Å². The highest BCUT2D eigenvalue weighted by Crippen LogP contribution is 2.26. The van der Waals surface area contributed by atoms with Crippen molar-refractivity contribution in [2.45, 2.75) is 12.1 Å². The molecule has 7 heteroatoms. The van der Waals surface area contributed by atoms with Crippen molar-refractivity contribution in [1.29, 1.82) is 0 Å². The molecule has 0 aliphatic carbocycles. The number of methoxy groups -OCH3 is 1. The lowest BCUT2D eigenvalue weighted by Gasteiger charge is -2.08. The van der Waals surface area contributed by atoms with Crippen molar-refractivity contribution in [3.63, 3.8) is 0 Å². The fourth-order valence-corrected chi connectivity index (χ4v) is 2.81. The average molecular weight is 355 g/mol. The predicted molar refractivity (Wildman–Crippen MR) is 96.8 cm³/mol. The molecule has 1 heterocycles. The minimum atomic E-state index is -0.176. The predicted octanol–water partition coefficient (Wildman–Crippen LogP) is 3.78. The Balaban J connectivity index is 1.61. The van der Waals surface area contributed by atoms with E-state index < -0.39 is 0 Å². The lowest BCUT2D eigenvalue weighted by molar-refractivity contribution is -0.113. The average Bonchev–Trinajstić information content (AvgIpc) is 3.09. The van der Waals surface area contributed by atoms with Gasteiger partial charge in [-0.25, -0.2) is 0 Å². The number of para-hydroxylation sites is 2. The zero-order chi connectivity index (χ0) is 17.6. The van der Waals surface area contributed by atoms with Gasteiger partial charge in [0.15, 0.2) is 0 Å². The van der Waals surface area contributed by atoms with E-state index in [2.05, 4.69) is 15.5 Å². The van der Waals surface area contributed by atoms with Crippen LogP contribution in [-0.4, -0.2) is 29.0 Å². The minimum absolute atomic E-state index is 0.160. The van der Waals surface area contributed by atoms with Crippen molar-refractivity contribution in [3.05, 3.63) is 54.1 Å². The van der Waals surface area contributed by atoms with E-state index in [1.54, 1.807) is 19.2 Å². The second-order valence-corrected chi connectivity index (χ2v) is 6.15. The first-order chi connectivity index (χ1) is 12.2. The number of amides is 1. The maximum atomic E-state index is 12.1. The Bertz CT molecular complexity index is 879. The van der Waals surface area contributed by atoms with Gasteiger partial charge in [-0.2, -0.15) is 0 Å². The number of aromatic nitrogens is 2. The van der Waals surface area contributed by atoms with Crippen LogP contribution in [0.2, 0.25) is 0 Å². The van der Waals surface area contributed by atoms with Crippen molar-refractivity contribution < 1.29 is 13.9 Å². The van der Waals surface area contributed by atoms with E-state index in [-0.39, 0.29) is 11.7 Å². The molecular weight excluding hydrogens is 338 g/mol. The van der Waals surface area contributed by atoms with E-state index >= 15 is 0 Å². The van der Waals surface area contributed by atoms with Crippen LogP contribution in [0.5, 0.6) is 5.75 Å². The Labute approximate surface area is 149 Å². The number of thioether (sulfide) groups is 1. The zero-order valence-electron chi connectivity index (χ0n) is 13.9. The second kappa shape index (κ2) is 7.85. The number of ether oxygens (including phenoxy) is 1. The summed E-state index contributed by atoms with van der Waals surface area (Å²) in [6.07, 6.45) is 0. The lowest BCUT2D eigenvalue weighted by atomic mass is 10.1. The summed E-state index contributed by atoms with van der Waals surface area (Å²) in [7, 11) is 1.56. The molecule has 25 heavy (non-hydrogen) atoms. The molecule has 3 aromatic rings. The topological polar surface area (TPSA) is 77.2 Å². The molecule has 2 aromatic carbocycles. The molecule has 128 valence electrons. The molecule has 0 bridgehead atoms. The number of carbonyl (C=O) groups is 1. The fourth-order valence-electron chi connectivity index (χ4n) is 2.25. The minimum Gasteiger partial charge on any atom is -0.495 e. The van der Waals surface area contributed by atoms with Gasteiger partial charge in [0.1, 0.15) is 5.75 Å². The molecule has 1 N–H and O–H groups in total. The number of rotatable bonds is 6. The summed E-state index contributed by atoms with van der Waals surface area (Å²) in [5, 5.41) is 11.2. The van der Waals surface area contributed by atoms with Crippen LogP contribution < -0.4 is 10.1 Å². The van der Waals surface area contributed by atoms with Crippen molar-refractivity contribution in [1.82, 2.24) is 10.2 Å². The molecule has 0 spiro atoms. The lowest BCUT2D eigenvalue weighted by Crippen LogP contribution is -2.14. The van der Waals surface area contributed by atoms with E-state index in [1.807, 2.05) is 43.3 Å². The monoisotopic (exact) mass is 355 g/mol. The molecule has 0 saturated carbocycles. The summed E-state index contributed by atoms with van der Waals surface area (Å²) < 4.78 is 10.8. The summed E-state index contributed by atoms with van der Waals surface area (Å²) in [4.78, 5) is 12.1. The third-order valence-electron chi connectivity index (χ3n) is 3.49. The first-order valence-corrected chi connectivity index (χ1v) is 8.61. The van der Waals surface area contributed by atoms with E-state index in [0.29, 0.717) is 22.6 Å². The Morgan fingerprint density at radius 1 is 1.16 bits per heavy atom. The number of benzene rings is 2. The highest BCUT2D eigenvalue weighted by atomic mass is 32.2. The van der Waals surface area contributed by atoms with Gasteiger partial charge >= 0.3 is 0 Å². The summed E-state index contributed by atoms with van der Waals surface area (Å²) in [5.74, 6) is 1.05. The van der Waals surface area contributed by atoms with Gasteiger partial charge < -0.3 is 14.5 Å². The van der Waals surface area contributed by atoms with Gasteiger partial charge in [-0.05, 0) is 30.7 Å². The Hall–Kier alpha value is -2.80. The molecule has 0 saturated heterocycles. The highest BCUT2D eigenvalue weighted by molar-refractivity contribution is 7.99. The molecule has 0 unspecified atom stereocenters. The van der Waals surface area contributed by atoms with Crippen molar-refractivity contribution in [2.75, 3.05) is 18.2 Å². The van der Waals surface area contributed by atoms with Crippen LogP contribution in [0.25, 0.3) is 11.5 Å². The molecule has 1 amide bonds. The first-order valence-electron chi connectivity index (χ1n) is 7.62. The largest absolute Gasteiger partial charge is 0.495 e. The van der Waals surface area contributed by atoms with Crippen LogP contribution in [0, 0.1) is 6.92 Å². The van der Waals surface area contributed by atoms with Crippen LogP contribution in [-0.2, 0) is 4.79 Å². The Morgan fingerprint density at radius 3 is 2.72 bits per heavy atom. The SMILES string of the molecule is COc1ccccc1NC(=O)CSc1nnc(-c2ccccc2C)o1. The van der Waals surface area contributed by atoms with E-state index in [1.165, 1.54) is 11.8 Å². The number of carbonyl (C=O) groups excluding carboxylic acids is 1. The van der Waals surface area contributed by atoms with Crippen LogP contribution in [0.3, 0.4) is 0 Å². The zero-order valence-corrected chi connectivity index (χ0v) is 14.7. The van der Waals surface area contributed by atoms with Gasteiger partial charge in [0.25, 0.3) is 5.22 Å². The highest BCUT2D eigenvalue weighted by Gasteiger charge is 2.13. The first kappa shape index (κ1) is 17.0. The maximum absolute atomic E-state index is 12.1. The molecule has 0 aliphatic rings. The van der Waals surface area contributed by atoms with Crippen molar-refractivity contribution >= 4 is 23.4 Å². The van der Waals surface area contributed by atoms with E-state index in [0.717, 1.165) is 11.1 Å². The number of nitrogens with zero attached hydrogens (tertiary/aromatic N) is 2. The van der Waals surface area contributed by atoms with Crippen LogP contribution >= 0.6 is 11.8 Å². The summed E-state index contributed by atoms with van der Waals surface area (Å²) >= 11 is 1.19. The van der Waals surface area contributed by atoms with Crippen LogP contribution in [0.15, 0.2) is 58.2 Å². The van der Waals surface area contributed by atoms with Gasteiger partial charge in [0.05, 0.1) is 18.6 Å². The third-order valence-corrected chi connectivity index (χ3v) is 4.31. The molecule has 6 nitrogen and oxygen atoms in total. The number of hydrogen-bond donors (Lipinski definition) is 1. The fraction of sp³-hybridized carbons (Fsp3) is 0.167. The second-order valence-electron chi connectivity index (χ2n) is 5.23. The maximum Gasteiger partial charge on any atom is 0.277 e. The Morgan fingerprint density at radius 2 is 1.92 bits per heavy atom. The summed E-state index contributed by atoms with van der Waals surface area (Å²) in [6, 6.07) is 15.0. The number of hydrogen-bond acceptors (Lipinski definition) is 6. The van der Waals surface area contributed by atoms with Crippen LogP contribution in [0.1, 0.15) is 5.56 Å². The van der Waals surface area contributed by atoms with Gasteiger partial charge in [-0.15, -0.1) is 10.2 Å². The van der Waals surface area contributed by atoms with Crippen molar-refractivity contribution in [3.8, 4) is 17.2 Å². The molecule has 0 atom stereocenters. The van der Waals surface area contributed by atoms with Gasteiger partial charge in [0.2, 0.25) is 11.8 Å². The standard InChI is InChI=1S/C18H17N3O3S/c1-12-7-3-4-8-13(12)17-20-21-18(24-17)25-11-16(22)19-14-9-5-6-10-15(14)23-2/h3-10H,11H2,1-2H3,(H,19,22). The number of nitrogens with one attached hydrogen (secondary N) is 1. The number of anilines is 1. The van der Waals surface area contributed by atoms with Gasteiger partial charge in [-0.3, -0.25) is 4.79 Å². The number of aryl methyl sites for hydroxylation is 1. The summed E-state index contributed by atoms with van der Waals surface area (Å²) in [6.45, 7) is 1.98.